The van der Waals surface area contributed by atoms with Crippen molar-refractivity contribution in [1.29, 1.82) is 0 Å². The Bertz CT molecular complexity index is 608. The summed E-state index contributed by atoms with van der Waals surface area (Å²) in [6.45, 7) is 5.55. The molecular formula is C18H24N2O4. The largest absolute Gasteiger partial charge is 0.480 e. The van der Waals surface area contributed by atoms with Crippen LogP contribution in [0, 0.1) is 0 Å². The average Bonchev–Trinajstić information content (AvgIpc) is 2.62. The number of carbonyl (C=O) groups is 3. The molecule has 6 nitrogen and oxygen atoms in total. The Morgan fingerprint density at radius 2 is 1.67 bits per heavy atom. The molecule has 1 unspecified atom stereocenters. The number of piperidine rings is 1. The lowest BCUT2D eigenvalue weighted by molar-refractivity contribution is -0.143. The van der Waals surface area contributed by atoms with Crippen molar-refractivity contribution in [2.75, 3.05) is 19.6 Å². The lowest BCUT2D eigenvalue weighted by Crippen LogP contribution is -2.48. The lowest BCUT2D eigenvalue weighted by atomic mass is 10.0. The molecule has 0 aromatic heterocycles. The van der Waals surface area contributed by atoms with E-state index in [-0.39, 0.29) is 11.8 Å². The van der Waals surface area contributed by atoms with Gasteiger partial charge in [-0.1, -0.05) is 0 Å². The highest BCUT2D eigenvalue weighted by Gasteiger charge is 2.32. The molecule has 1 atom stereocenters. The number of benzene rings is 1. The first-order chi connectivity index (χ1) is 11.5. The maximum absolute atomic E-state index is 12.6. The molecule has 1 aliphatic rings. The van der Waals surface area contributed by atoms with E-state index in [0.717, 1.165) is 12.8 Å². The molecule has 0 radical (unpaired) electrons. The molecule has 1 N–H and O–H groups in total. The van der Waals surface area contributed by atoms with Crippen LogP contribution in [0.25, 0.3) is 0 Å². The molecule has 1 aliphatic heterocycles. The predicted molar refractivity (Wildman–Crippen MR) is 90.0 cm³/mol. The highest BCUT2D eigenvalue weighted by Crippen LogP contribution is 2.20. The van der Waals surface area contributed by atoms with E-state index >= 15 is 0 Å². The van der Waals surface area contributed by atoms with Gasteiger partial charge in [0.25, 0.3) is 11.8 Å². The van der Waals surface area contributed by atoms with Gasteiger partial charge in [0.2, 0.25) is 0 Å². The maximum atomic E-state index is 12.6. The lowest BCUT2D eigenvalue weighted by Gasteiger charge is -2.33. The first-order valence-electron chi connectivity index (χ1n) is 8.42. The predicted octanol–water partition coefficient (Wildman–Crippen LogP) is 2.25. The molecule has 2 rings (SSSR count). The van der Waals surface area contributed by atoms with E-state index in [1.807, 2.05) is 13.8 Å². The van der Waals surface area contributed by atoms with E-state index in [9.17, 15) is 19.5 Å². The van der Waals surface area contributed by atoms with Gasteiger partial charge >= 0.3 is 5.97 Å². The summed E-state index contributed by atoms with van der Waals surface area (Å²) >= 11 is 0. The van der Waals surface area contributed by atoms with E-state index in [1.54, 1.807) is 29.2 Å². The summed E-state index contributed by atoms with van der Waals surface area (Å²) in [5.74, 6) is -1.32. The Morgan fingerprint density at radius 1 is 1.08 bits per heavy atom. The van der Waals surface area contributed by atoms with Gasteiger partial charge in [-0.3, -0.25) is 9.59 Å². The van der Waals surface area contributed by atoms with E-state index < -0.39 is 12.0 Å². The van der Waals surface area contributed by atoms with E-state index in [0.29, 0.717) is 37.2 Å². The first kappa shape index (κ1) is 18.0. The van der Waals surface area contributed by atoms with Gasteiger partial charge in [0.1, 0.15) is 6.04 Å². The smallest absolute Gasteiger partial charge is 0.326 e. The number of rotatable bonds is 5. The van der Waals surface area contributed by atoms with Crippen molar-refractivity contribution in [3.05, 3.63) is 35.4 Å². The van der Waals surface area contributed by atoms with Gasteiger partial charge < -0.3 is 14.9 Å². The standard InChI is InChI=1S/C18H24N2O4/c1-3-19(4-2)16(21)13-8-10-14(11-9-13)17(22)20-12-6-5-7-15(20)18(23)24/h8-11,15H,3-7,12H2,1-2H3,(H,23,24). The SMILES string of the molecule is CCN(CC)C(=O)c1ccc(C(=O)N2CCCCC2C(=O)O)cc1. The van der Waals surface area contributed by atoms with Gasteiger partial charge in [-0.15, -0.1) is 0 Å². The maximum Gasteiger partial charge on any atom is 0.326 e. The van der Waals surface area contributed by atoms with Crippen LogP contribution in [-0.2, 0) is 4.79 Å². The van der Waals surface area contributed by atoms with Crippen LogP contribution in [0.15, 0.2) is 24.3 Å². The van der Waals surface area contributed by atoms with Crippen molar-refractivity contribution >= 4 is 17.8 Å². The summed E-state index contributed by atoms with van der Waals surface area (Å²) in [4.78, 5) is 39.4. The zero-order valence-corrected chi connectivity index (χ0v) is 14.2. The first-order valence-corrected chi connectivity index (χ1v) is 8.42. The number of carboxylic acids is 1. The molecule has 2 amide bonds. The van der Waals surface area contributed by atoms with Gasteiger partial charge in [-0.2, -0.15) is 0 Å². The van der Waals surface area contributed by atoms with Crippen LogP contribution in [0.4, 0.5) is 0 Å². The van der Waals surface area contributed by atoms with Crippen LogP contribution in [0.5, 0.6) is 0 Å². The topological polar surface area (TPSA) is 77.9 Å². The van der Waals surface area contributed by atoms with Crippen LogP contribution in [0.3, 0.4) is 0 Å². The highest BCUT2D eigenvalue weighted by molar-refractivity contribution is 5.99. The Hall–Kier alpha value is -2.37. The van der Waals surface area contributed by atoms with E-state index in [1.165, 1.54) is 4.90 Å². The number of nitrogens with zero attached hydrogens (tertiary/aromatic N) is 2. The highest BCUT2D eigenvalue weighted by atomic mass is 16.4. The Balaban J connectivity index is 2.16. The van der Waals surface area contributed by atoms with Gasteiger partial charge in [0, 0.05) is 30.8 Å². The van der Waals surface area contributed by atoms with Crippen molar-refractivity contribution in [2.24, 2.45) is 0 Å². The van der Waals surface area contributed by atoms with E-state index in [4.69, 9.17) is 0 Å². The normalized spacial score (nSPS) is 17.4. The summed E-state index contributed by atoms with van der Waals surface area (Å²) in [6, 6.07) is 5.71. The van der Waals surface area contributed by atoms with Crippen molar-refractivity contribution < 1.29 is 19.5 Å². The second-order valence-corrected chi connectivity index (χ2v) is 5.90. The molecule has 1 heterocycles. The molecule has 130 valence electrons. The van der Waals surface area contributed by atoms with Crippen molar-refractivity contribution in [3.63, 3.8) is 0 Å². The molecule has 1 fully saturated rings. The second kappa shape index (κ2) is 7.95. The quantitative estimate of drug-likeness (QED) is 0.897. The molecule has 0 spiro atoms. The summed E-state index contributed by atoms with van der Waals surface area (Å²) < 4.78 is 0. The molecule has 0 bridgehead atoms. The van der Waals surface area contributed by atoms with Crippen LogP contribution < -0.4 is 0 Å². The number of amides is 2. The Kier molecular flexibility index (Phi) is 5.95. The number of hydrogen-bond acceptors (Lipinski definition) is 3. The minimum atomic E-state index is -0.962. The molecular weight excluding hydrogens is 308 g/mol. The monoisotopic (exact) mass is 332 g/mol. The molecule has 1 aromatic rings. The Morgan fingerprint density at radius 3 is 2.21 bits per heavy atom. The van der Waals surface area contributed by atoms with Gasteiger partial charge in [0.05, 0.1) is 0 Å². The minimum absolute atomic E-state index is 0.0691. The average molecular weight is 332 g/mol. The Labute approximate surface area is 142 Å². The number of aliphatic carboxylic acids is 1. The van der Waals surface area contributed by atoms with Crippen molar-refractivity contribution in [1.82, 2.24) is 9.80 Å². The van der Waals surface area contributed by atoms with Crippen molar-refractivity contribution in [3.8, 4) is 0 Å². The van der Waals surface area contributed by atoms with Gasteiger partial charge in [0.15, 0.2) is 0 Å². The van der Waals surface area contributed by atoms with Crippen LogP contribution in [-0.4, -0.2) is 58.4 Å². The fourth-order valence-electron chi connectivity index (χ4n) is 3.05. The minimum Gasteiger partial charge on any atom is -0.480 e. The zero-order chi connectivity index (χ0) is 17.7. The second-order valence-electron chi connectivity index (χ2n) is 5.90. The molecule has 1 aromatic carbocycles. The number of hydrogen-bond donors (Lipinski definition) is 1. The van der Waals surface area contributed by atoms with E-state index in [2.05, 4.69) is 0 Å². The third-order valence-electron chi connectivity index (χ3n) is 4.48. The number of likely N-dealkylation sites (tertiary alicyclic amines) is 1. The molecule has 0 saturated carbocycles. The molecule has 24 heavy (non-hydrogen) atoms. The van der Waals surface area contributed by atoms with Crippen molar-refractivity contribution in [2.45, 2.75) is 39.2 Å². The van der Waals surface area contributed by atoms with Gasteiger partial charge in [-0.25, -0.2) is 4.79 Å². The summed E-state index contributed by atoms with van der Waals surface area (Å²) in [5.41, 5.74) is 0.947. The van der Waals surface area contributed by atoms with Crippen LogP contribution in [0.2, 0.25) is 0 Å². The molecule has 0 aliphatic carbocycles. The third kappa shape index (κ3) is 3.75. The third-order valence-corrected chi connectivity index (χ3v) is 4.48. The summed E-state index contributed by atoms with van der Waals surface area (Å²) in [5, 5.41) is 9.29. The fraction of sp³-hybridized carbons (Fsp3) is 0.500. The van der Waals surface area contributed by atoms with Crippen LogP contribution >= 0.6 is 0 Å². The molecule has 6 heteroatoms. The number of carbonyl (C=O) groups excluding carboxylic acids is 2. The summed E-state index contributed by atoms with van der Waals surface area (Å²) in [6.07, 6.45) is 2.12. The van der Waals surface area contributed by atoms with Gasteiger partial charge in [-0.05, 0) is 57.4 Å². The molecule has 1 saturated heterocycles. The van der Waals surface area contributed by atoms with Crippen LogP contribution in [0.1, 0.15) is 53.8 Å². The summed E-state index contributed by atoms with van der Waals surface area (Å²) in [7, 11) is 0. The zero-order valence-electron chi connectivity index (χ0n) is 14.2. The fourth-order valence-corrected chi connectivity index (χ4v) is 3.05. The number of carboxylic acid groups (broad SMARTS) is 1.